The number of rotatable bonds is 3. The molecule has 1 N–H and O–H groups in total. The second-order valence-corrected chi connectivity index (χ2v) is 6.77. The fraction of sp³-hybridized carbons (Fsp3) is 0.867. The minimum Gasteiger partial charge on any atom is -0.373 e. The maximum atomic E-state index is 12.7. The Balaban J connectivity index is 2.24. The van der Waals surface area contributed by atoms with Gasteiger partial charge in [-0.05, 0) is 47.0 Å². The molecule has 0 spiro atoms. The quantitative estimate of drug-likeness (QED) is 0.852. The second kappa shape index (κ2) is 5.02. The number of carbonyl (C=O) groups excluding carboxylic acids is 2. The van der Waals surface area contributed by atoms with E-state index in [4.69, 9.17) is 4.74 Å². The van der Waals surface area contributed by atoms with Gasteiger partial charge in [0, 0.05) is 6.54 Å². The molecule has 0 aliphatic carbocycles. The third-order valence-electron chi connectivity index (χ3n) is 4.69. The molecular formula is C15H26N2O3. The van der Waals surface area contributed by atoms with E-state index in [1.54, 1.807) is 18.7 Å². The van der Waals surface area contributed by atoms with Crippen LogP contribution in [0.1, 0.15) is 53.9 Å². The molecule has 5 heteroatoms. The van der Waals surface area contributed by atoms with Gasteiger partial charge in [0.25, 0.3) is 0 Å². The van der Waals surface area contributed by atoms with E-state index in [0.717, 1.165) is 12.8 Å². The van der Waals surface area contributed by atoms with Crippen LogP contribution in [0.5, 0.6) is 0 Å². The van der Waals surface area contributed by atoms with Gasteiger partial charge in [-0.1, -0.05) is 6.92 Å². The number of piperazine rings is 1. The minimum atomic E-state index is -0.837. The molecule has 0 radical (unpaired) electrons. The monoisotopic (exact) mass is 282 g/mol. The molecule has 2 rings (SSSR count). The lowest BCUT2D eigenvalue weighted by Gasteiger charge is -2.49. The van der Waals surface area contributed by atoms with E-state index in [-0.39, 0.29) is 24.0 Å². The smallest absolute Gasteiger partial charge is 0.248 e. The fourth-order valence-electron chi connectivity index (χ4n) is 3.02. The SMILES string of the molecule is CCC1(C)C(=O)NC(C)(C)C(=O)N1CC1CCC(C)O1. The van der Waals surface area contributed by atoms with Crippen LogP contribution < -0.4 is 5.32 Å². The van der Waals surface area contributed by atoms with Crippen molar-refractivity contribution in [3.05, 3.63) is 0 Å². The summed E-state index contributed by atoms with van der Waals surface area (Å²) in [5, 5.41) is 2.84. The van der Waals surface area contributed by atoms with Gasteiger partial charge in [0.05, 0.1) is 12.2 Å². The number of amides is 2. The molecule has 2 heterocycles. The Hall–Kier alpha value is -1.10. The van der Waals surface area contributed by atoms with Crippen LogP contribution in [0.25, 0.3) is 0 Å². The van der Waals surface area contributed by atoms with Crippen molar-refractivity contribution in [1.29, 1.82) is 0 Å². The van der Waals surface area contributed by atoms with E-state index in [1.165, 1.54) is 0 Å². The first-order valence-electron chi connectivity index (χ1n) is 7.51. The summed E-state index contributed by atoms with van der Waals surface area (Å²) in [6, 6.07) is 0. The molecule has 2 saturated heterocycles. The number of nitrogens with zero attached hydrogens (tertiary/aromatic N) is 1. The van der Waals surface area contributed by atoms with Crippen LogP contribution in [0.3, 0.4) is 0 Å². The van der Waals surface area contributed by atoms with Gasteiger partial charge in [-0.25, -0.2) is 0 Å². The maximum absolute atomic E-state index is 12.7. The summed E-state index contributed by atoms with van der Waals surface area (Å²) in [5.74, 6) is -0.0970. The highest BCUT2D eigenvalue weighted by Gasteiger charge is 2.52. The van der Waals surface area contributed by atoms with E-state index in [9.17, 15) is 9.59 Å². The van der Waals surface area contributed by atoms with Crippen molar-refractivity contribution >= 4 is 11.8 Å². The maximum Gasteiger partial charge on any atom is 0.248 e. The number of ether oxygens (including phenoxy) is 1. The first-order valence-corrected chi connectivity index (χ1v) is 7.51. The van der Waals surface area contributed by atoms with Crippen LogP contribution in [0, 0.1) is 0 Å². The Labute approximate surface area is 121 Å². The Morgan fingerprint density at radius 2 is 1.95 bits per heavy atom. The van der Waals surface area contributed by atoms with Gasteiger partial charge in [0.15, 0.2) is 0 Å². The van der Waals surface area contributed by atoms with Crippen LogP contribution >= 0.6 is 0 Å². The van der Waals surface area contributed by atoms with Crippen LogP contribution in [0.2, 0.25) is 0 Å². The zero-order valence-electron chi connectivity index (χ0n) is 13.2. The molecule has 114 valence electrons. The summed E-state index contributed by atoms with van der Waals surface area (Å²) in [7, 11) is 0. The summed E-state index contributed by atoms with van der Waals surface area (Å²) >= 11 is 0. The molecule has 2 fully saturated rings. The van der Waals surface area contributed by atoms with Gasteiger partial charge in [-0.3, -0.25) is 9.59 Å². The Bertz CT molecular complexity index is 421. The highest BCUT2D eigenvalue weighted by molar-refractivity contribution is 6.01. The topological polar surface area (TPSA) is 58.6 Å². The number of hydrogen-bond acceptors (Lipinski definition) is 3. The summed E-state index contributed by atoms with van der Waals surface area (Å²) in [4.78, 5) is 26.8. The average Bonchev–Trinajstić information content (AvgIpc) is 2.77. The first kappa shape index (κ1) is 15.3. The van der Waals surface area contributed by atoms with Gasteiger partial charge >= 0.3 is 0 Å². The molecule has 0 aromatic carbocycles. The highest BCUT2D eigenvalue weighted by Crippen LogP contribution is 2.31. The van der Waals surface area contributed by atoms with E-state index >= 15 is 0 Å². The number of hydrogen-bond donors (Lipinski definition) is 1. The zero-order chi connectivity index (χ0) is 15.1. The number of nitrogens with one attached hydrogen (secondary N) is 1. The van der Waals surface area contributed by atoms with Gasteiger partial charge in [-0.15, -0.1) is 0 Å². The summed E-state index contributed by atoms with van der Waals surface area (Å²) < 4.78 is 5.83. The third kappa shape index (κ3) is 2.43. The lowest BCUT2D eigenvalue weighted by Crippen LogP contribution is -2.73. The third-order valence-corrected chi connectivity index (χ3v) is 4.69. The van der Waals surface area contributed by atoms with Crippen molar-refractivity contribution in [3.63, 3.8) is 0 Å². The largest absolute Gasteiger partial charge is 0.373 e. The van der Waals surface area contributed by atoms with Gasteiger partial charge < -0.3 is 15.0 Å². The molecule has 0 saturated carbocycles. The van der Waals surface area contributed by atoms with E-state index < -0.39 is 11.1 Å². The van der Waals surface area contributed by atoms with E-state index in [0.29, 0.717) is 13.0 Å². The van der Waals surface area contributed by atoms with Crippen molar-refractivity contribution in [3.8, 4) is 0 Å². The van der Waals surface area contributed by atoms with Crippen molar-refractivity contribution in [2.24, 2.45) is 0 Å². The van der Waals surface area contributed by atoms with E-state index in [2.05, 4.69) is 5.32 Å². The van der Waals surface area contributed by atoms with Crippen LogP contribution in [0.4, 0.5) is 0 Å². The normalized spacial score (nSPS) is 37.1. The van der Waals surface area contributed by atoms with Gasteiger partial charge in [0.1, 0.15) is 11.1 Å². The molecule has 3 unspecified atom stereocenters. The molecule has 0 aromatic rings. The molecule has 20 heavy (non-hydrogen) atoms. The standard InChI is InChI=1S/C15H26N2O3/c1-6-15(5)12(18)16-14(3,4)13(19)17(15)9-11-8-7-10(2)20-11/h10-11H,6-9H2,1-5H3,(H,16,18). The molecule has 3 atom stereocenters. The van der Waals surface area contributed by atoms with Crippen molar-refractivity contribution in [1.82, 2.24) is 10.2 Å². The predicted molar refractivity (Wildman–Crippen MR) is 76.2 cm³/mol. The molecule has 2 amide bonds. The zero-order valence-corrected chi connectivity index (χ0v) is 13.2. The van der Waals surface area contributed by atoms with Crippen molar-refractivity contribution < 1.29 is 14.3 Å². The molecule has 5 nitrogen and oxygen atoms in total. The molecule has 0 aromatic heterocycles. The second-order valence-electron chi connectivity index (χ2n) is 6.77. The lowest BCUT2D eigenvalue weighted by molar-refractivity contribution is -0.163. The summed E-state index contributed by atoms with van der Waals surface area (Å²) in [6.07, 6.45) is 2.86. The average molecular weight is 282 g/mol. The Morgan fingerprint density at radius 3 is 2.45 bits per heavy atom. The molecule has 2 aliphatic heterocycles. The summed E-state index contributed by atoms with van der Waals surface area (Å²) in [5.41, 5.74) is -1.61. The minimum absolute atomic E-state index is 0.0235. The molecular weight excluding hydrogens is 256 g/mol. The van der Waals surface area contributed by atoms with Gasteiger partial charge in [-0.2, -0.15) is 0 Å². The number of carbonyl (C=O) groups is 2. The Morgan fingerprint density at radius 1 is 1.30 bits per heavy atom. The molecule has 2 aliphatic rings. The van der Waals surface area contributed by atoms with E-state index in [1.807, 2.05) is 20.8 Å². The van der Waals surface area contributed by atoms with Crippen molar-refractivity contribution in [2.75, 3.05) is 6.54 Å². The van der Waals surface area contributed by atoms with Gasteiger partial charge in [0.2, 0.25) is 11.8 Å². The lowest BCUT2D eigenvalue weighted by atomic mass is 9.86. The van der Waals surface area contributed by atoms with Crippen LogP contribution in [0.15, 0.2) is 0 Å². The fourth-order valence-corrected chi connectivity index (χ4v) is 3.02. The van der Waals surface area contributed by atoms with Crippen LogP contribution in [-0.4, -0.2) is 46.5 Å². The predicted octanol–water partition coefficient (Wildman–Crippen LogP) is 1.46. The first-order chi connectivity index (χ1) is 9.20. The van der Waals surface area contributed by atoms with Crippen LogP contribution in [-0.2, 0) is 14.3 Å². The Kier molecular flexibility index (Phi) is 3.84. The van der Waals surface area contributed by atoms with Crippen molar-refractivity contribution in [2.45, 2.75) is 77.2 Å². The summed E-state index contributed by atoms with van der Waals surface area (Å²) in [6.45, 7) is 9.85. The molecule has 0 bridgehead atoms. The highest BCUT2D eigenvalue weighted by atomic mass is 16.5.